The lowest BCUT2D eigenvalue weighted by atomic mass is 9.97. The molecule has 0 radical (unpaired) electrons. The third-order valence-electron chi connectivity index (χ3n) is 5.07. The fraction of sp³-hybridized carbons (Fsp3) is 0.120. The molecule has 0 aliphatic heterocycles. The minimum absolute atomic E-state index is 0.159. The highest BCUT2D eigenvalue weighted by Gasteiger charge is 2.12. The number of aryl methyl sites for hydroxylation is 2. The zero-order valence-electron chi connectivity index (χ0n) is 18.3. The van der Waals surface area contributed by atoms with Gasteiger partial charge in [0.1, 0.15) is 0 Å². The van der Waals surface area contributed by atoms with Crippen molar-refractivity contribution in [3.8, 4) is 22.4 Å². The normalized spacial score (nSPS) is 10.6. The molecule has 2 aromatic heterocycles. The standard InChI is InChI=1S/C25H23N5O2S/c1-15-3-4-19(12-21(15)18-9-10-27-16(2)11-18)22-14-33-25(29-22)30-23(31)13-28-24(32)17-5-7-20(26)8-6-17/h3-12,14H,13,26H2,1-2H3,(H,28,32)(H,29,30,31). The van der Waals surface area contributed by atoms with Gasteiger partial charge in [0, 0.05) is 34.1 Å². The zero-order chi connectivity index (χ0) is 23.4. The van der Waals surface area contributed by atoms with Crippen LogP contribution in [0, 0.1) is 13.8 Å². The van der Waals surface area contributed by atoms with E-state index in [1.807, 2.05) is 24.4 Å². The average molecular weight is 458 g/mol. The van der Waals surface area contributed by atoms with E-state index in [2.05, 4.69) is 45.7 Å². The van der Waals surface area contributed by atoms with E-state index in [9.17, 15) is 9.59 Å². The number of aromatic nitrogens is 2. The number of pyridine rings is 1. The van der Waals surface area contributed by atoms with E-state index in [0.717, 1.165) is 33.6 Å². The molecule has 0 aliphatic rings. The highest BCUT2D eigenvalue weighted by Crippen LogP contribution is 2.31. The van der Waals surface area contributed by atoms with Gasteiger partial charge in [-0.05, 0) is 73.0 Å². The first-order valence-corrected chi connectivity index (χ1v) is 11.2. The van der Waals surface area contributed by atoms with Crippen LogP contribution in [-0.2, 0) is 4.79 Å². The number of nitrogens with one attached hydrogen (secondary N) is 2. The van der Waals surface area contributed by atoms with Crippen LogP contribution in [0.2, 0.25) is 0 Å². The molecule has 2 heterocycles. The Kier molecular flexibility index (Phi) is 6.46. The van der Waals surface area contributed by atoms with Gasteiger partial charge in [-0.3, -0.25) is 14.6 Å². The van der Waals surface area contributed by atoms with Crippen molar-refractivity contribution in [2.45, 2.75) is 13.8 Å². The number of rotatable bonds is 6. The largest absolute Gasteiger partial charge is 0.399 e. The number of thiazole rings is 1. The average Bonchev–Trinajstić information content (AvgIpc) is 3.26. The summed E-state index contributed by atoms with van der Waals surface area (Å²) in [5, 5.41) is 7.70. The lowest BCUT2D eigenvalue weighted by molar-refractivity contribution is -0.115. The molecule has 0 saturated carbocycles. The highest BCUT2D eigenvalue weighted by atomic mass is 32.1. The summed E-state index contributed by atoms with van der Waals surface area (Å²) < 4.78 is 0. The number of hydrogen-bond acceptors (Lipinski definition) is 6. The molecule has 4 aromatic rings. The lowest BCUT2D eigenvalue weighted by Gasteiger charge is -2.09. The van der Waals surface area contributed by atoms with Crippen molar-refractivity contribution < 1.29 is 9.59 Å². The number of benzene rings is 2. The van der Waals surface area contributed by atoms with Gasteiger partial charge < -0.3 is 16.4 Å². The molecule has 0 aliphatic carbocycles. The van der Waals surface area contributed by atoms with Gasteiger partial charge in [-0.25, -0.2) is 4.98 Å². The van der Waals surface area contributed by atoms with E-state index in [-0.39, 0.29) is 18.4 Å². The third kappa shape index (κ3) is 5.42. The van der Waals surface area contributed by atoms with Crippen molar-refractivity contribution in [2.24, 2.45) is 0 Å². The molecule has 7 nitrogen and oxygen atoms in total. The number of nitrogens with zero attached hydrogens (tertiary/aromatic N) is 2. The predicted octanol–water partition coefficient (Wildman–Crippen LogP) is 4.44. The van der Waals surface area contributed by atoms with E-state index in [4.69, 9.17) is 5.73 Å². The number of carbonyl (C=O) groups is 2. The van der Waals surface area contributed by atoms with Crippen LogP contribution in [0.25, 0.3) is 22.4 Å². The maximum absolute atomic E-state index is 12.3. The molecule has 0 spiro atoms. The molecule has 33 heavy (non-hydrogen) atoms. The molecular weight excluding hydrogens is 434 g/mol. The molecule has 0 fully saturated rings. The van der Waals surface area contributed by atoms with Crippen molar-refractivity contribution >= 4 is 34.0 Å². The number of anilines is 2. The fourth-order valence-electron chi connectivity index (χ4n) is 3.33. The maximum Gasteiger partial charge on any atom is 0.251 e. The van der Waals surface area contributed by atoms with E-state index >= 15 is 0 Å². The Labute approximate surface area is 195 Å². The molecule has 2 amide bonds. The molecule has 166 valence electrons. The molecule has 8 heteroatoms. The Balaban J connectivity index is 1.41. The number of hydrogen-bond donors (Lipinski definition) is 3. The van der Waals surface area contributed by atoms with E-state index in [1.54, 1.807) is 30.5 Å². The van der Waals surface area contributed by atoms with E-state index < -0.39 is 0 Å². The van der Waals surface area contributed by atoms with Crippen LogP contribution in [0.5, 0.6) is 0 Å². The summed E-state index contributed by atoms with van der Waals surface area (Å²) in [7, 11) is 0. The second-order valence-electron chi connectivity index (χ2n) is 7.61. The number of amides is 2. The second kappa shape index (κ2) is 9.62. The second-order valence-corrected chi connectivity index (χ2v) is 8.46. The van der Waals surface area contributed by atoms with Gasteiger partial charge in [-0.15, -0.1) is 11.3 Å². The summed E-state index contributed by atoms with van der Waals surface area (Å²) in [6.07, 6.45) is 1.80. The summed E-state index contributed by atoms with van der Waals surface area (Å²) in [4.78, 5) is 33.2. The van der Waals surface area contributed by atoms with Gasteiger partial charge in [0.05, 0.1) is 12.2 Å². The maximum atomic E-state index is 12.3. The molecule has 4 rings (SSSR count). The molecule has 0 saturated heterocycles. The van der Waals surface area contributed by atoms with Crippen molar-refractivity contribution in [1.29, 1.82) is 0 Å². The molecule has 2 aromatic carbocycles. The smallest absolute Gasteiger partial charge is 0.251 e. The van der Waals surface area contributed by atoms with Crippen LogP contribution in [-0.4, -0.2) is 28.3 Å². The van der Waals surface area contributed by atoms with E-state index in [1.165, 1.54) is 11.3 Å². The molecular formula is C25H23N5O2S. The van der Waals surface area contributed by atoms with Crippen LogP contribution in [0.3, 0.4) is 0 Å². The van der Waals surface area contributed by atoms with Gasteiger partial charge in [-0.1, -0.05) is 12.1 Å². The van der Waals surface area contributed by atoms with Gasteiger partial charge in [0.25, 0.3) is 5.91 Å². The number of nitrogen functional groups attached to an aromatic ring is 1. The Bertz CT molecular complexity index is 1310. The quantitative estimate of drug-likeness (QED) is 0.371. The fourth-order valence-corrected chi connectivity index (χ4v) is 4.07. The van der Waals surface area contributed by atoms with Crippen LogP contribution >= 0.6 is 11.3 Å². The number of nitrogens with two attached hydrogens (primary N) is 1. The van der Waals surface area contributed by atoms with Gasteiger partial charge in [0.15, 0.2) is 5.13 Å². The van der Waals surface area contributed by atoms with E-state index in [0.29, 0.717) is 16.4 Å². The summed E-state index contributed by atoms with van der Waals surface area (Å²) in [6, 6.07) is 16.7. The van der Waals surface area contributed by atoms with Crippen molar-refractivity contribution in [3.05, 3.63) is 83.0 Å². The van der Waals surface area contributed by atoms with Crippen LogP contribution in [0.1, 0.15) is 21.6 Å². The van der Waals surface area contributed by atoms with Crippen molar-refractivity contribution in [2.75, 3.05) is 17.6 Å². The van der Waals surface area contributed by atoms with Crippen molar-refractivity contribution in [3.63, 3.8) is 0 Å². The summed E-state index contributed by atoms with van der Waals surface area (Å²) in [5.41, 5.74) is 12.7. The van der Waals surface area contributed by atoms with Crippen LogP contribution < -0.4 is 16.4 Å². The Morgan fingerprint density at radius 2 is 1.79 bits per heavy atom. The third-order valence-corrected chi connectivity index (χ3v) is 5.83. The Morgan fingerprint density at radius 3 is 2.55 bits per heavy atom. The first-order chi connectivity index (χ1) is 15.9. The topological polar surface area (TPSA) is 110 Å². The predicted molar refractivity (Wildman–Crippen MR) is 132 cm³/mol. The Morgan fingerprint density at radius 1 is 1.00 bits per heavy atom. The van der Waals surface area contributed by atoms with Crippen LogP contribution in [0.15, 0.2) is 66.2 Å². The highest BCUT2D eigenvalue weighted by molar-refractivity contribution is 7.14. The zero-order valence-corrected chi connectivity index (χ0v) is 19.1. The summed E-state index contributed by atoms with van der Waals surface area (Å²) in [6.45, 7) is 3.88. The van der Waals surface area contributed by atoms with Gasteiger partial charge in [-0.2, -0.15) is 0 Å². The molecule has 0 unspecified atom stereocenters. The first kappa shape index (κ1) is 22.2. The van der Waals surface area contributed by atoms with Crippen molar-refractivity contribution in [1.82, 2.24) is 15.3 Å². The Hall–Kier alpha value is -4.04. The SMILES string of the molecule is Cc1cc(-c2cc(-c3csc(NC(=O)CNC(=O)c4ccc(N)cc4)n3)ccc2C)ccn1. The molecule has 0 bridgehead atoms. The monoisotopic (exact) mass is 457 g/mol. The minimum atomic E-state index is -0.350. The van der Waals surface area contributed by atoms with Crippen LogP contribution in [0.4, 0.5) is 10.8 Å². The number of carbonyl (C=O) groups excluding carboxylic acids is 2. The summed E-state index contributed by atoms with van der Waals surface area (Å²) in [5.74, 6) is -0.694. The first-order valence-electron chi connectivity index (χ1n) is 10.3. The van der Waals surface area contributed by atoms with Gasteiger partial charge in [0.2, 0.25) is 5.91 Å². The lowest BCUT2D eigenvalue weighted by Crippen LogP contribution is -2.32. The molecule has 0 atom stereocenters. The minimum Gasteiger partial charge on any atom is -0.399 e. The van der Waals surface area contributed by atoms with Gasteiger partial charge >= 0.3 is 0 Å². The summed E-state index contributed by atoms with van der Waals surface area (Å²) >= 11 is 1.33. The molecule has 4 N–H and O–H groups in total.